The lowest BCUT2D eigenvalue weighted by Crippen LogP contribution is -2.15. The fraction of sp³-hybridized carbons (Fsp3) is 0.417. The number of carboxylic acid groups (broad SMARTS) is 1. The van der Waals surface area contributed by atoms with Crippen molar-refractivity contribution in [2.24, 2.45) is 5.92 Å². The summed E-state index contributed by atoms with van der Waals surface area (Å²) in [5, 5.41) is 8.90. The van der Waals surface area contributed by atoms with E-state index in [1.165, 1.54) is 6.07 Å². The minimum absolute atomic E-state index is 0.0448. The second kappa shape index (κ2) is 4.77. The molecular formula is C12H13F3O2. The van der Waals surface area contributed by atoms with Gasteiger partial charge in [0.15, 0.2) is 0 Å². The molecular weight excluding hydrogens is 233 g/mol. The van der Waals surface area contributed by atoms with Crippen molar-refractivity contribution < 1.29 is 23.1 Å². The van der Waals surface area contributed by atoms with E-state index in [0.717, 1.165) is 12.1 Å². The average molecular weight is 246 g/mol. The zero-order chi connectivity index (χ0) is 13.2. The Morgan fingerprint density at radius 3 is 2.35 bits per heavy atom. The van der Waals surface area contributed by atoms with E-state index < -0.39 is 17.7 Å². The number of hydrogen-bond donors (Lipinski definition) is 1. The van der Waals surface area contributed by atoms with E-state index in [4.69, 9.17) is 5.11 Å². The molecule has 0 aliphatic rings. The van der Waals surface area contributed by atoms with E-state index in [9.17, 15) is 18.0 Å². The minimum Gasteiger partial charge on any atom is -0.478 e. The summed E-state index contributed by atoms with van der Waals surface area (Å²) >= 11 is 0. The minimum atomic E-state index is -4.52. The van der Waals surface area contributed by atoms with Gasteiger partial charge in [-0.15, -0.1) is 0 Å². The van der Waals surface area contributed by atoms with Crippen LogP contribution in [-0.4, -0.2) is 11.1 Å². The van der Waals surface area contributed by atoms with E-state index in [2.05, 4.69) is 0 Å². The van der Waals surface area contributed by atoms with Crippen LogP contribution in [0.25, 0.3) is 0 Å². The summed E-state index contributed by atoms with van der Waals surface area (Å²) in [5.74, 6) is -1.37. The van der Waals surface area contributed by atoms with Gasteiger partial charge in [-0.3, -0.25) is 0 Å². The second-order valence-corrected chi connectivity index (χ2v) is 4.23. The Morgan fingerprint density at radius 1 is 1.35 bits per heavy atom. The maximum absolute atomic E-state index is 12.7. The molecule has 0 bridgehead atoms. The fourth-order valence-corrected chi connectivity index (χ4v) is 1.68. The zero-order valence-corrected chi connectivity index (χ0v) is 9.51. The highest BCUT2D eigenvalue weighted by Gasteiger charge is 2.34. The summed E-state index contributed by atoms with van der Waals surface area (Å²) in [5.41, 5.74) is -1.26. The van der Waals surface area contributed by atoms with Gasteiger partial charge >= 0.3 is 12.1 Å². The highest BCUT2D eigenvalue weighted by Crippen LogP contribution is 2.34. The van der Waals surface area contributed by atoms with Gasteiger partial charge in [-0.25, -0.2) is 4.79 Å². The lowest BCUT2D eigenvalue weighted by molar-refractivity contribution is -0.138. The van der Waals surface area contributed by atoms with Crippen molar-refractivity contribution in [3.63, 3.8) is 0 Å². The summed E-state index contributed by atoms with van der Waals surface area (Å²) < 4.78 is 38.2. The van der Waals surface area contributed by atoms with Crippen molar-refractivity contribution in [3.8, 4) is 0 Å². The lowest BCUT2D eigenvalue weighted by atomic mass is 9.93. The molecule has 0 amide bonds. The molecule has 0 fully saturated rings. The smallest absolute Gasteiger partial charge is 0.416 e. The van der Waals surface area contributed by atoms with Gasteiger partial charge in [-0.2, -0.15) is 13.2 Å². The summed E-state index contributed by atoms with van der Waals surface area (Å²) in [6, 6.07) is 3.25. The van der Waals surface area contributed by atoms with E-state index in [-0.39, 0.29) is 23.5 Å². The molecule has 0 unspecified atom stereocenters. The van der Waals surface area contributed by atoms with Crippen molar-refractivity contribution in [1.82, 2.24) is 0 Å². The van der Waals surface area contributed by atoms with E-state index in [0.29, 0.717) is 0 Å². The first-order chi connectivity index (χ1) is 7.73. The molecule has 1 aromatic carbocycles. The monoisotopic (exact) mass is 246 g/mol. The molecule has 1 rings (SSSR count). The summed E-state index contributed by atoms with van der Waals surface area (Å²) in [6.07, 6.45) is -4.42. The average Bonchev–Trinajstić information content (AvgIpc) is 2.14. The highest BCUT2D eigenvalue weighted by atomic mass is 19.4. The van der Waals surface area contributed by atoms with Crippen LogP contribution in [0.2, 0.25) is 0 Å². The fourth-order valence-electron chi connectivity index (χ4n) is 1.68. The molecule has 0 aliphatic carbocycles. The van der Waals surface area contributed by atoms with E-state index in [1.807, 2.05) is 0 Å². The van der Waals surface area contributed by atoms with E-state index >= 15 is 0 Å². The quantitative estimate of drug-likeness (QED) is 0.884. The van der Waals surface area contributed by atoms with Crippen molar-refractivity contribution in [2.75, 3.05) is 0 Å². The van der Waals surface area contributed by atoms with Crippen molar-refractivity contribution in [2.45, 2.75) is 26.4 Å². The number of carbonyl (C=O) groups is 1. The third-order valence-electron chi connectivity index (χ3n) is 2.32. The molecule has 0 aliphatic heterocycles. The third kappa shape index (κ3) is 3.22. The Labute approximate surface area is 97.1 Å². The molecule has 0 heterocycles. The number of carboxylic acids is 1. The summed E-state index contributed by atoms with van der Waals surface area (Å²) in [6.45, 7) is 3.50. The first-order valence-corrected chi connectivity index (χ1v) is 5.16. The molecule has 0 saturated carbocycles. The SMILES string of the molecule is CC(C)Cc1c(C(=O)O)cccc1C(F)(F)F. The summed E-state index contributed by atoms with van der Waals surface area (Å²) in [4.78, 5) is 10.9. The Balaban J connectivity index is 3.40. The molecule has 2 nitrogen and oxygen atoms in total. The van der Waals surface area contributed by atoms with Gasteiger partial charge in [-0.05, 0) is 30.0 Å². The van der Waals surface area contributed by atoms with Gasteiger partial charge in [0.1, 0.15) is 0 Å². The molecule has 0 radical (unpaired) electrons. The van der Waals surface area contributed by atoms with Crippen LogP contribution in [0.3, 0.4) is 0 Å². The van der Waals surface area contributed by atoms with Gasteiger partial charge in [-0.1, -0.05) is 19.9 Å². The van der Waals surface area contributed by atoms with Crippen LogP contribution < -0.4 is 0 Å². The molecule has 5 heteroatoms. The van der Waals surface area contributed by atoms with Crippen LogP contribution >= 0.6 is 0 Å². The predicted octanol–water partition coefficient (Wildman–Crippen LogP) is 3.60. The van der Waals surface area contributed by atoms with Crippen LogP contribution in [0.1, 0.15) is 35.3 Å². The molecule has 0 aromatic heterocycles. The largest absolute Gasteiger partial charge is 0.478 e. The number of alkyl halides is 3. The molecule has 1 N–H and O–H groups in total. The lowest BCUT2D eigenvalue weighted by Gasteiger charge is -2.16. The molecule has 0 saturated heterocycles. The zero-order valence-electron chi connectivity index (χ0n) is 9.51. The first-order valence-electron chi connectivity index (χ1n) is 5.16. The molecule has 1 aromatic rings. The standard InChI is InChI=1S/C12H13F3O2/c1-7(2)6-9-8(11(16)17)4-3-5-10(9)12(13,14)15/h3-5,7H,6H2,1-2H3,(H,16,17). The number of rotatable bonds is 3. The molecule has 0 atom stereocenters. The van der Waals surface area contributed by atoms with Crippen LogP contribution in [0.4, 0.5) is 13.2 Å². The van der Waals surface area contributed by atoms with Gasteiger partial charge in [0.05, 0.1) is 11.1 Å². The van der Waals surface area contributed by atoms with Crippen LogP contribution in [0, 0.1) is 5.92 Å². The number of hydrogen-bond acceptors (Lipinski definition) is 1. The van der Waals surface area contributed by atoms with Gasteiger partial charge in [0, 0.05) is 0 Å². The Hall–Kier alpha value is -1.52. The van der Waals surface area contributed by atoms with Crippen LogP contribution in [0.15, 0.2) is 18.2 Å². The number of halogens is 3. The Morgan fingerprint density at radius 2 is 1.94 bits per heavy atom. The first kappa shape index (κ1) is 13.5. The predicted molar refractivity (Wildman–Crippen MR) is 56.9 cm³/mol. The number of aromatic carboxylic acids is 1. The molecule has 94 valence electrons. The Kier molecular flexibility index (Phi) is 3.80. The normalized spacial score (nSPS) is 11.9. The van der Waals surface area contributed by atoms with Gasteiger partial charge in [0.25, 0.3) is 0 Å². The van der Waals surface area contributed by atoms with Crippen molar-refractivity contribution >= 4 is 5.97 Å². The van der Waals surface area contributed by atoms with Gasteiger partial charge in [0.2, 0.25) is 0 Å². The van der Waals surface area contributed by atoms with Crippen LogP contribution in [0.5, 0.6) is 0 Å². The van der Waals surface area contributed by atoms with Crippen LogP contribution in [-0.2, 0) is 12.6 Å². The topological polar surface area (TPSA) is 37.3 Å². The van der Waals surface area contributed by atoms with Gasteiger partial charge < -0.3 is 5.11 Å². The molecule has 17 heavy (non-hydrogen) atoms. The van der Waals surface area contributed by atoms with E-state index in [1.54, 1.807) is 13.8 Å². The summed E-state index contributed by atoms with van der Waals surface area (Å²) in [7, 11) is 0. The maximum Gasteiger partial charge on any atom is 0.416 e. The molecule has 0 spiro atoms. The number of benzene rings is 1. The van der Waals surface area contributed by atoms with Crippen molar-refractivity contribution in [1.29, 1.82) is 0 Å². The second-order valence-electron chi connectivity index (χ2n) is 4.23. The third-order valence-corrected chi connectivity index (χ3v) is 2.32. The van der Waals surface area contributed by atoms with Crippen molar-refractivity contribution in [3.05, 3.63) is 34.9 Å². The Bertz CT molecular complexity index is 422. The maximum atomic E-state index is 12.7. The highest BCUT2D eigenvalue weighted by molar-refractivity contribution is 5.89.